The summed E-state index contributed by atoms with van der Waals surface area (Å²) >= 11 is 3.49. The van der Waals surface area contributed by atoms with E-state index in [0.29, 0.717) is 22.5 Å². The number of nitrogens with one attached hydrogen (secondary N) is 1. The lowest BCUT2D eigenvalue weighted by Crippen LogP contribution is -2.43. The molecule has 1 heterocycles. The molecule has 0 bridgehead atoms. The van der Waals surface area contributed by atoms with Crippen molar-refractivity contribution in [2.75, 3.05) is 10.2 Å². The lowest BCUT2D eigenvalue weighted by atomic mass is 10.0. The van der Waals surface area contributed by atoms with Gasteiger partial charge in [0.25, 0.3) is 11.6 Å². The molecule has 3 aromatic carbocycles. The molecule has 1 aliphatic rings. The smallest absolute Gasteiger partial charge is 0.269 e. The number of para-hydroxylation sites is 1. The van der Waals surface area contributed by atoms with E-state index in [1.807, 2.05) is 43.3 Å². The predicted molar refractivity (Wildman–Crippen MR) is 112 cm³/mol. The molecular weight excluding hydrogens is 422 g/mol. The van der Waals surface area contributed by atoms with Crippen LogP contribution < -0.4 is 10.2 Å². The van der Waals surface area contributed by atoms with Crippen LogP contribution >= 0.6 is 15.9 Å². The number of carbonyl (C=O) groups excluding carboxylic acids is 1. The maximum Gasteiger partial charge on any atom is 0.269 e. The highest BCUT2D eigenvalue weighted by molar-refractivity contribution is 9.10. The van der Waals surface area contributed by atoms with Crippen molar-refractivity contribution >= 4 is 38.9 Å². The molecule has 6 nitrogen and oxygen atoms in total. The van der Waals surface area contributed by atoms with Gasteiger partial charge in [-0.25, -0.2) is 0 Å². The van der Waals surface area contributed by atoms with Gasteiger partial charge in [-0.15, -0.1) is 0 Å². The second kappa shape index (κ2) is 7.09. The Morgan fingerprint density at radius 1 is 1.07 bits per heavy atom. The first-order valence-corrected chi connectivity index (χ1v) is 9.44. The first-order valence-electron chi connectivity index (χ1n) is 8.65. The highest BCUT2D eigenvalue weighted by Gasteiger charge is 2.34. The van der Waals surface area contributed by atoms with Crippen molar-refractivity contribution in [1.29, 1.82) is 0 Å². The number of nitro groups is 1. The number of fused-ring (bicyclic) bond motifs is 1. The molecule has 0 saturated heterocycles. The van der Waals surface area contributed by atoms with Crippen LogP contribution in [0.1, 0.15) is 27.7 Å². The Balaban J connectivity index is 1.88. The summed E-state index contributed by atoms with van der Waals surface area (Å²) in [5, 5.41) is 14.6. The molecule has 0 spiro atoms. The Morgan fingerprint density at radius 2 is 1.86 bits per heavy atom. The molecule has 140 valence electrons. The fourth-order valence-corrected chi connectivity index (χ4v) is 3.59. The van der Waals surface area contributed by atoms with Crippen molar-refractivity contribution in [2.45, 2.75) is 13.1 Å². The van der Waals surface area contributed by atoms with Crippen LogP contribution in [0.2, 0.25) is 0 Å². The number of carbonyl (C=O) groups is 1. The van der Waals surface area contributed by atoms with Crippen molar-refractivity contribution in [3.8, 4) is 0 Å². The highest BCUT2D eigenvalue weighted by Crippen LogP contribution is 2.38. The SMILES string of the molecule is Cc1cc(N2C(=O)c3ccccc3N[C@@H]2c2cccc([N+](=O)[O-])c2)ccc1Br. The number of nitrogens with zero attached hydrogens (tertiary/aromatic N) is 2. The summed E-state index contributed by atoms with van der Waals surface area (Å²) in [4.78, 5) is 25.8. The number of rotatable bonds is 3. The topological polar surface area (TPSA) is 75.5 Å². The van der Waals surface area contributed by atoms with Gasteiger partial charge in [0.1, 0.15) is 6.17 Å². The molecule has 1 atom stereocenters. The van der Waals surface area contributed by atoms with Crippen LogP contribution in [0.4, 0.5) is 17.1 Å². The fraction of sp³-hybridized carbons (Fsp3) is 0.0952. The molecule has 0 radical (unpaired) electrons. The van der Waals surface area contributed by atoms with E-state index in [1.54, 1.807) is 23.1 Å². The van der Waals surface area contributed by atoms with Crippen LogP contribution in [-0.2, 0) is 0 Å². The average Bonchev–Trinajstić information content (AvgIpc) is 2.70. The molecule has 0 fully saturated rings. The van der Waals surface area contributed by atoms with Crippen molar-refractivity contribution in [2.24, 2.45) is 0 Å². The second-order valence-electron chi connectivity index (χ2n) is 6.55. The molecule has 4 rings (SSSR count). The number of aryl methyl sites for hydroxylation is 1. The molecular formula is C21H16BrN3O3. The number of nitro benzene ring substituents is 1. The van der Waals surface area contributed by atoms with E-state index in [4.69, 9.17) is 0 Å². The van der Waals surface area contributed by atoms with E-state index >= 15 is 0 Å². The Bertz CT molecular complexity index is 1100. The standard InChI is InChI=1S/C21H16BrN3O3/c1-13-11-15(9-10-18(13)22)24-20(14-5-4-6-16(12-14)25(27)28)23-19-8-3-2-7-17(19)21(24)26/h2-12,20,23H,1H3/t20-/m0/s1. The van der Waals surface area contributed by atoms with E-state index in [-0.39, 0.29) is 11.6 Å². The summed E-state index contributed by atoms with van der Waals surface area (Å²) in [7, 11) is 0. The molecule has 1 aliphatic heterocycles. The van der Waals surface area contributed by atoms with Crippen LogP contribution in [0, 0.1) is 17.0 Å². The third-order valence-corrected chi connectivity index (χ3v) is 5.63. The van der Waals surface area contributed by atoms with Crippen LogP contribution in [0.5, 0.6) is 0 Å². The molecule has 1 amide bonds. The van der Waals surface area contributed by atoms with Crippen LogP contribution in [0.15, 0.2) is 71.2 Å². The molecule has 0 aliphatic carbocycles. The summed E-state index contributed by atoms with van der Waals surface area (Å²) < 4.78 is 0.945. The minimum atomic E-state index is -0.567. The van der Waals surface area contributed by atoms with Gasteiger partial charge in [0.05, 0.1) is 10.5 Å². The minimum Gasteiger partial charge on any atom is -0.360 e. The first kappa shape index (κ1) is 18.2. The van der Waals surface area contributed by atoms with Gasteiger partial charge in [-0.3, -0.25) is 19.8 Å². The monoisotopic (exact) mass is 437 g/mol. The second-order valence-corrected chi connectivity index (χ2v) is 7.41. The summed E-state index contributed by atoms with van der Waals surface area (Å²) in [5.74, 6) is -0.160. The van der Waals surface area contributed by atoms with Gasteiger partial charge in [-0.1, -0.05) is 40.2 Å². The van der Waals surface area contributed by atoms with Gasteiger partial charge in [0.15, 0.2) is 0 Å². The Labute approximate surface area is 170 Å². The number of amides is 1. The highest BCUT2D eigenvalue weighted by atomic mass is 79.9. The van der Waals surface area contributed by atoms with Crippen molar-refractivity contribution in [3.05, 3.63) is 98.0 Å². The molecule has 0 saturated carbocycles. The zero-order valence-corrected chi connectivity index (χ0v) is 16.5. The lowest BCUT2D eigenvalue weighted by molar-refractivity contribution is -0.384. The molecule has 7 heteroatoms. The van der Waals surface area contributed by atoms with E-state index in [0.717, 1.165) is 10.0 Å². The quantitative estimate of drug-likeness (QED) is 0.437. The number of hydrogen-bond donors (Lipinski definition) is 1. The fourth-order valence-electron chi connectivity index (χ4n) is 3.34. The van der Waals surface area contributed by atoms with Crippen LogP contribution in [0.3, 0.4) is 0 Å². The zero-order chi connectivity index (χ0) is 19.8. The molecule has 3 aromatic rings. The van der Waals surface area contributed by atoms with Crippen molar-refractivity contribution in [3.63, 3.8) is 0 Å². The number of hydrogen-bond acceptors (Lipinski definition) is 4. The Morgan fingerprint density at radius 3 is 2.61 bits per heavy atom. The molecule has 28 heavy (non-hydrogen) atoms. The summed E-state index contributed by atoms with van der Waals surface area (Å²) in [6.45, 7) is 1.95. The van der Waals surface area contributed by atoms with E-state index < -0.39 is 11.1 Å². The third kappa shape index (κ3) is 3.14. The number of anilines is 2. The van der Waals surface area contributed by atoms with E-state index in [1.165, 1.54) is 12.1 Å². The summed E-state index contributed by atoms with van der Waals surface area (Å²) in [5.41, 5.74) is 3.58. The van der Waals surface area contributed by atoms with Gasteiger partial charge in [-0.2, -0.15) is 0 Å². The van der Waals surface area contributed by atoms with E-state index in [9.17, 15) is 14.9 Å². The van der Waals surface area contributed by atoms with Crippen molar-refractivity contribution < 1.29 is 9.72 Å². The third-order valence-electron chi connectivity index (χ3n) is 4.74. The van der Waals surface area contributed by atoms with Gasteiger partial charge >= 0.3 is 0 Å². The minimum absolute atomic E-state index is 0.0162. The Hall–Kier alpha value is -3.19. The van der Waals surface area contributed by atoms with Crippen LogP contribution in [-0.4, -0.2) is 10.8 Å². The number of halogens is 1. The maximum absolute atomic E-state index is 13.4. The van der Waals surface area contributed by atoms with Gasteiger partial charge in [0.2, 0.25) is 0 Å². The normalized spacial score (nSPS) is 15.7. The van der Waals surface area contributed by atoms with Gasteiger partial charge in [0, 0.05) is 33.5 Å². The Kier molecular flexibility index (Phi) is 4.60. The number of non-ortho nitro benzene ring substituents is 1. The van der Waals surface area contributed by atoms with Crippen LogP contribution in [0.25, 0.3) is 0 Å². The van der Waals surface area contributed by atoms with Gasteiger partial charge in [-0.05, 0) is 42.8 Å². The molecule has 1 N–H and O–H groups in total. The average molecular weight is 438 g/mol. The summed E-state index contributed by atoms with van der Waals surface area (Å²) in [6.07, 6.45) is -0.567. The van der Waals surface area contributed by atoms with Crippen molar-refractivity contribution in [1.82, 2.24) is 0 Å². The molecule has 0 unspecified atom stereocenters. The first-order chi connectivity index (χ1) is 13.5. The molecule has 0 aromatic heterocycles. The predicted octanol–water partition coefficient (Wildman–Crippen LogP) is 5.44. The maximum atomic E-state index is 13.4. The largest absolute Gasteiger partial charge is 0.360 e. The summed E-state index contributed by atoms with van der Waals surface area (Å²) in [6, 6.07) is 19.3. The zero-order valence-electron chi connectivity index (χ0n) is 14.9. The number of benzene rings is 3. The van der Waals surface area contributed by atoms with E-state index in [2.05, 4.69) is 21.2 Å². The lowest BCUT2D eigenvalue weighted by Gasteiger charge is -2.38. The van der Waals surface area contributed by atoms with Gasteiger partial charge < -0.3 is 5.32 Å².